The second-order valence-electron chi connectivity index (χ2n) is 5.96. The van der Waals surface area contributed by atoms with Gasteiger partial charge in [0.15, 0.2) is 0 Å². The van der Waals surface area contributed by atoms with Crippen LogP contribution in [0, 0.1) is 0 Å². The first-order valence-corrected chi connectivity index (χ1v) is 8.33. The molecule has 0 spiro atoms. The van der Waals surface area contributed by atoms with Gasteiger partial charge in [-0.3, -0.25) is 10.1 Å². The topological polar surface area (TPSA) is 41.1 Å². The molecule has 0 saturated carbocycles. The van der Waals surface area contributed by atoms with E-state index in [1.807, 2.05) is 31.2 Å². The number of hydrogen-bond donors (Lipinski definition) is 2. The van der Waals surface area contributed by atoms with E-state index in [4.69, 9.17) is 0 Å². The predicted molar refractivity (Wildman–Crippen MR) is 85.3 cm³/mol. The number of thioether (sulfide) groups is 1. The smallest absolute Gasteiger partial charge is 0.262 e. The lowest BCUT2D eigenvalue weighted by atomic mass is 10.1. The van der Waals surface area contributed by atoms with Crippen LogP contribution in [0.15, 0.2) is 29.2 Å². The van der Waals surface area contributed by atoms with Crippen LogP contribution in [0.2, 0.25) is 0 Å². The Morgan fingerprint density at radius 1 is 1.32 bits per heavy atom. The molecule has 1 aliphatic heterocycles. The van der Waals surface area contributed by atoms with Crippen molar-refractivity contribution in [3.8, 4) is 0 Å². The first-order chi connectivity index (χ1) is 10.3. The van der Waals surface area contributed by atoms with Gasteiger partial charge in [0.25, 0.3) is 5.92 Å². The molecule has 3 nitrogen and oxygen atoms in total. The molecule has 1 saturated heterocycles. The zero-order valence-electron chi connectivity index (χ0n) is 13.0. The van der Waals surface area contributed by atoms with E-state index in [-0.39, 0.29) is 11.9 Å². The molecule has 2 N–H and O–H groups in total. The van der Waals surface area contributed by atoms with E-state index in [0.717, 1.165) is 5.56 Å². The highest BCUT2D eigenvalue weighted by molar-refractivity contribution is 7.99. The second-order valence-corrected chi connectivity index (χ2v) is 7.61. The van der Waals surface area contributed by atoms with Gasteiger partial charge in [-0.15, -0.1) is 11.8 Å². The molecule has 0 bridgehead atoms. The van der Waals surface area contributed by atoms with Crippen molar-refractivity contribution in [3.05, 3.63) is 29.8 Å². The van der Waals surface area contributed by atoms with Crippen molar-refractivity contribution in [2.24, 2.45) is 0 Å². The summed E-state index contributed by atoms with van der Waals surface area (Å²) in [5, 5.41) is 5.88. The van der Waals surface area contributed by atoms with Crippen LogP contribution in [-0.2, 0) is 4.79 Å². The molecule has 6 heteroatoms. The lowest BCUT2D eigenvalue weighted by molar-refractivity contribution is -0.124. The number of benzene rings is 1. The highest BCUT2D eigenvalue weighted by atomic mass is 32.2. The molecule has 1 aromatic carbocycles. The summed E-state index contributed by atoms with van der Waals surface area (Å²) in [5.41, 5.74) is 0.964. The van der Waals surface area contributed by atoms with Gasteiger partial charge in [-0.25, -0.2) is 8.78 Å². The molecule has 0 radical (unpaired) electrons. The van der Waals surface area contributed by atoms with E-state index in [0.29, 0.717) is 5.25 Å². The maximum absolute atomic E-state index is 13.1. The fourth-order valence-electron chi connectivity index (χ4n) is 2.41. The van der Waals surface area contributed by atoms with Gasteiger partial charge in [-0.2, -0.15) is 0 Å². The first kappa shape index (κ1) is 17.2. The largest absolute Gasteiger partial charge is 0.348 e. The molecule has 1 heterocycles. The Kier molecular flexibility index (Phi) is 5.45. The quantitative estimate of drug-likeness (QED) is 0.815. The van der Waals surface area contributed by atoms with Crippen molar-refractivity contribution in [1.29, 1.82) is 0 Å². The van der Waals surface area contributed by atoms with Crippen LogP contribution in [0.5, 0.6) is 0 Å². The summed E-state index contributed by atoms with van der Waals surface area (Å²) >= 11 is 1.77. The lowest BCUT2D eigenvalue weighted by Gasteiger charge is -2.18. The van der Waals surface area contributed by atoms with Crippen molar-refractivity contribution >= 4 is 17.7 Å². The van der Waals surface area contributed by atoms with Gasteiger partial charge in [0.2, 0.25) is 5.91 Å². The second kappa shape index (κ2) is 6.96. The summed E-state index contributed by atoms with van der Waals surface area (Å²) in [5.74, 6) is -3.16. The number of hydrogen-bond acceptors (Lipinski definition) is 3. The fraction of sp³-hybridized carbons (Fsp3) is 0.562. The monoisotopic (exact) mass is 328 g/mol. The minimum absolute atomic E-state index is 0.207. The maximum atomic E-state index is 13.1. The molecule has 0 aromatic heterocycles. The van der Waals surface area contributed by atoms with E-state index in [1.54, 1.807) is 11.8 Å². The van der Waals surface area contributed by atoms with Crippen LogP contribution in [0.25, 0.3) is 0 Å². The standard InChI is InChI=1S/C16H22F2N2OS/c1-10(2)22-13-6-4-12(5-7-13)11(3)20-15(21)14-8-16(17,18)9-19-14/h4-7,10-11,14,19H,8-9H2,1-3H3,(H,20,21). The number of rotatable bonds is 5. The SMILES string of the molecule is CC(C)Sc1ccc(C(C)NC(=O)C2CC(F)(F)CN2)cc1. The van der Waals surface area contributed by atoms with Gasteiger partial charge < -0.3 is 5.32 Å². The van der Waals surface area contributed by atoms with Crippen molar-refractivity contribution < 1.29 is 13.6 Å². The maximum Gasteiger partial charge on any atom is 0.262 e. The normalized spacial score (nSPS) is 21.8. The molecule has 1 amide bonds. The minimum atomic E-state index is -2.79. The van der Waals surface area contributed by atoms with Crippen LogP contribution < -0.4 is 10.6 Å². The first-order valence-electron chi connectivity index (χ1n) is 7.45. The molecular formula is C16H22F2N2OS. The van der Waals surface area contributed by atoms with Gasteiger partial charge in [0, 0.05) is 16.6 Å². The average Bonchev–Trinajstić information content (AvgIpc) is 2.79. The molecule has 22 heavy (non-hydrogen) atoms. The lowest BCUT2D eigenvalue weighted by Crippen LogP contribution is -2.41. The Hall–Kier alpha value is -1.14. The van der Waals surface area contributed by atoms with Gasteiger partial charge in [-0.05, 0) is 24.6 Å². The third kappa shape index (κ3) is 4.68. The summed E-state index contributed by atoms with van der Waals surface area (Å²) < 4.78 is 26.2. The zero-order valence-corrected chi connectivity index (χ0v) is 13.8. The number of carbonyl (C=O) groups is 1. The van der Waals surface area contributed by atoms with Gasteiger partial charge in [0.05, 0.1) is 18.6 Å². The summed E-state index contributed by atoms with van der Waals surface area (Å²) in [7, 11) is 0. The Morgan fingerprint density at radius 2 is 1.95 bits per heavy atom. The number of carbonyl (C=O) groups excluding carboxylic acids is 1. The Morgan fingerprint density at radius 3 is 2.45 bits per heavy atom. The van der Waals surface area contributed by atoms with Crippen LogP contribution in [0.4, 0.5) is 8.78 Å². The summed E-state index contributed by atoms with van der Waals surface area (Å²) in [6.07, 6.45) is -0.435. The van der Waals surface area contributed by atoms with Crippen LogP contribution in [0.1, 0.15) is 38.8 Å². The summed E-state index contributed by atoms with van der Waals surface area (Å²) in [6, 6.07) is 6.95. The average molecular weight is 328 g/mol. The Bertz CT molecular complexity index is 519. The number of amides is 1. The summed E-state index contributed by atoms with van der Waals surface area (Å²) in [4.78, 5) is 13.2. The van der Waals surface area contributed by atoms with E-state index < -0.39 is 24.9 Å². The number of nitrogens with one attached hydrogen (secondary N) is 2. The molecule has 1 aliphatic rings. The van der Waals surface area contributed by atoms with Crippen LogP contribution in [-0.4, -0.2) is 29.7 Å². The molecule has 2 atom stereocenters. The minimum Gasteiger partial charge on any atom is -0.348 e. The highest BCUT2D eigenvalue weighted by Crippen LogP contribution is 2.26. The fourth-order valence-corrected chi connectivity index (χ4v) is 3.24. The number of halogens is 2. The molecular weight excluding hydrogens is 306 g/mol. The van der Waals surface area contributed by atoms with Gasteiger partial charge >= 0.3 is 0 Å². The van der Waals surface area contributed by atoms with Crippen LogP contribution in [0.3, 0.4) is 0 Å². The molecule has 2 unspecified atom stereocenters. The van der Waals surface area contributed by atoms with E-state index in [2.05, 4.69) is 24.5 Å². The van der Waals surface area contributed by atoms with E-state index >= 15 is 0 Å². The van der Waals surface area contributed by atoms with E-state index in [9.17, 15) is 13.6 Å². The number of alkyl halides is 2. The molecule has 2 rings (SSSR count). The molecule has 1 fully saturated rings. The van der Waals surface area contributed by atoms with Gasteiger partial charge in [0.1, 0.15) is 0 Å². The van der Waals surface area contributed by atoms with Crippen molar-refractivity contribution in [2.75, 3.05) is 6.54 Å². The Balaban J connectivity index is 1.91. The van der Waals surface area contributed by atoms with Crippen molar-refractivity contribution in [2.45, 2.75) is 55.3 Å². The molecule has 122 valence electrons. The molecule has 1 aromatic rings. The molecule has 0 aliphatic carbocycles. The van der Waals surface area contributed by atoms with Gasteiger partial charge in [-0.1, -0.05) is 26.0 Å². The van der Waals surface area contributed by atoms with Crippen molar-refractivity contribution in [1.82, 2.24) is 10.6 Å². The zero-order chi connectivity index (χ0) is 16.3. The third-order valence-corrected chi connectivity index (χ3v) is 4.55. The highest BCUT2D eigenvalue weighted by Gasteiger charge is 2.42. The van der Waals surface area contributed by atoms with Crippen molar-refractivity contribution in [3.63, 3.8) is 0 Å². The third-order valence-electron chi connectivity index (χ3n) is 3.54. The van der Waals surface area contributed by atoms with Crippen LogP contribution >= 0.6 is 11.8 Å². The predicted octanol–water partition coefficient (Wildman–Crippen LogP) is 3.36. The Labute approximate surface area is 134 Å². The summed E-state index contributed by atoms with van der Waals surface area (Å²) in [6.45, 7) is 5.69. The van der Waals surface area contributed by atoms with E-state index in [1.165, 1.54) is 4.90 Å².